The molecule has 1 N–H and O–H groups in total. The molecule has 7 heteroatoms. The number of hydrogen-bond donors (Lipinski definition) is 1. The standard InChI is InChI=1S/C18H27BN2O3.CH3.Cs/c1-13-8-9-14(20-16(22)21-10-6-7-11-21)12-15(13)19-23-17(2,3)18(4,5)24-19;;/h8-9,12H,6-7,10-11H2,1-5H3,(H,20,22);1H3;/q;-1;+1. The van der Waals surface area contributed by atoms with E-state index in [1.165, 1.54) is 0 Å². The Morgan fingerprint density at radius 1 is 1.12 bits per heavy atom. The number of hydrogen-bond acceptors (Lipinski definition) is 3. The molecule has 0 radical (unpaired) electrons. The smallest absolute Gasteiger partial charge is 0.399 e. The van der Waals surface area contributed by atoms with Crippen LogP contribution in [-0.4, -0.2) is 42.3 Å². The number of benzene rings is 1. The van der Waals surface area contributed by atoms with Crippen molar-refractivity contribution in [1.82, 2.24) is 4.90 Å². The van der Waals surface area contributed by atoms with E-state index in [0.29, 0.717) is 0 Å². The first-order chi connectivity index (χ1) is 11.2. The number of carbonyl (C=O) groups is 1. The molecule has 2 aliphatic heterocycles. The van der Waals surface area contributed by atoms with E-state index in [2.05, 4.69) is 5.32 Å². The van der Waals surface area contributed by atoms with Gasteiger partial charge in [-0.2, -0.15) is 0 Å². The van der Waals surface area contributed by atoms with Gasteiger partial charge >= 0.3 is 82.0 Å². The van der Waals surface area contributed by atoms with Gasteiger partial charge in [-0.1, -0.05) is 11.6 Å². The molecule has 0 spiro atoms. The van der Waals surface area contributed by atoms with Crippen molar-refractivity contribution >= 4 is 24.3 Å². The maximum atomic E-state index is 12.3. The largest absolute Gasteiger partial charge is 1.00 e. The van der Waals surface area contributed by atoms with Crippen molar-refractivity contribution in [3.05, 3.63) is 31.2 Å². The minimum Gasteiger partial charge on any atom is -0.399 e. The van der Waals surface area contributed by atoms with Crippen LogP contribution in [0.15, 0.2) is 18.2 Å². The van der Waals surface area contributed by atoms with Crippen LogP contribution in [0.1, 0.15) is 46.1 Å². The second-order valence-electron chi connectivity index (χ2n) is 7.78. The molecule has 2 saturated heterocycles. The Morgan fingerprint density at radius 2 is 1.65 bits per heavy atom. The molecule has 0 aromatic heterocycles. The number of likely N-dealkylation sites (tertiary alicyclic amines) is 1. The summed E-state index contributed by atoms with van der Waals surface area (Å²) in [5, 5.41) is 2.99. The number of nitrogens with one attached hydrogen (secondary N) is 1. The number of anilines is 1. The molecule has 5 nitrogen and oxygen atoms in total. The Labute approximate surface area is 217 Å². The molecule has 0 aliphatic carbocycles. The van der Waals surface area contributed by atoms with Crippen LogP contribution in [0.3, 0.4) is 0 Å². The summed E-state index contributed by atoms with van der Waals surface area (Å²) in [6.07, 6.45) is 2.17. The number of aryl methyl sites for hydroxylation is 1. The van der Waals surface area contributed by atoms with E-state index in [0.717, 1.165) is 42.6 Å². The van der Waals surface area contributed by atoms with Gasteiger partial charge in [-0.25, -0.2) is 4.79 Å². The maximum absolute atomic E-state index is 12.3. The summed E-state index contributed by atoms with van der Waals surface area (Å²) in [5.41, 5.74) is 2.08. The molecule has 26 heavy (non-hydrogen) atoms. The Morgan fingerprint density at radius 3 is 2.19 bits per heavy atom. The summed E-state index contributed by atoms with van der Waals surface area (Å²) >= 11 is 0. The van der Waals surface area contributed by atoms with Crippen molar-refractivity contribution in [2.75, 3.05) is 18.4 Å². The third kappa shape index (κ3) is 5.11. The van der Waals surface area contributed by atoms with Crippen LogP contribution in [-0.2, 0) is 9.31 Å². The summed E-state index contributed by atoms with van der Waals surface area (Å²) in [6, 6.07) is 5.86. The van der Waals surface area contributed by atoms with Gasteiger partial charge in [-0.05, 0) is 65.1 Å². The number of carbonyl (C=O) groups excluding carboxylic acids is 1. The molecule has 3 rings (SSSR count). The van der Waals surface area contributed by atoms with Gasteiger partial charge < -0.3 is 27.0 Å². The molecule has 2 heterocycles. The molecule has 0 bridgehead atoms. The van der Waals surface area contributed by atoms with E-state index in [4.69, 9.17) is 9.31 Å². The van der Waals surface area contributed by atoms with Gasteiger partial charge in [0, 0.05) is 18.8 Å². The third-order valence-corrected chi connectivity index (χ3v) is 5.43. The van der Waals surface area contributed by atoms with Crippen molar-refractivity contribution in [2.24, 2.45) is 0 Å². The molecule has 2 amide bonds. The maximum Gasteiger partial charge on any atom is 1.00 e. The monoisotopic (exact) mass is 478 g/mol. The first-order valence-corrected chi connectivity index (χ1v) is 8.72. The summed E-state index contributed by atoms with van der Waals surface area (Å²) in [5.74, 6) is 0. The quantitative estimate of drug-likeness (QED) is 0.494. The van der Waals surface area contributed by atoms with Crippen LogP contribution in [0.25, 0.3) is 0 Å². The molecular weight excluding hydrogens is 448 g/mol. The third-order valence-electron chi connectivity index (χ3n) is 5.43. The summed E-state index contributed by atoms with van der Waals surface area (Å²) in [4.78, 5) is 14.1. The summed E-state index contributed by atoms with van der Waals surface area (Å²) < 4.78 is 12.3. The molecule has 0 atom stereocenters. The van der Waals surface area contributed by atoms with Gasteiger partial charge in [0.2, 0.25) is 0 Å². The van der Waals surface area contributed by atoms with Gasteiger partial charge in [0.25, 0.3) is 0 Å². The summed E-state index contributed by atoms with van der Waals surface area (Å²) in [6.45, 7) is 11.9. The number of rotatable bonds is 2. The van der Waals surface area contributed by atoms with E-state index < -0.39 is 7.12 Å². The van der Waals surface area contributed by atoms with Crippen LogP contribution in [0, 0.1) is 14.4 Å². The number of urea groups is 1. The van der Waals surface area contributed by atoms with Gasteiger partial charge in [0.1, 0.15) is 0 Å². The zero-order valence-electron chi connectivity index (χ0n) is 17.3. The molecule has 138 valence electrons. The van der Waals surface area contributed by atoms with E-state index in [-0.39, 0.29) is 93.6 Å². The predicted molar refractivity (Wildman–Crippen MR) is 103 cm³/mol. The Balaban J connectivity index is 0.00000169. The van der Waals surface area contributed by atoms with E-state index >= 15 is 0 Å². The molecule has 2 aliphatic rings. The topological polar surface area (TPSA) is 50.8 Å². The van der Waals surface area contributed by atoms with Gasteiger partial charge in [0.15, 0.2) is 0 Å². The average Bonchev–Trinajstić information content (AvgIpc) is 3.08. The average molecular weight is 478 g/mol. The van der Waals surface area contributed by atoms with Crippen molar-refractivity contribution in [3.8, 4) is 0 Å². The molecule has 0 saturated carbocycles. The van der Waals surface area contributed by atoms with Crippen LogP contribution in [0.2, 0.25) is 0 Å². The number of amides is 2. The number of nitrogens with zero attached hydrogens (tertiary/aromatic N) is 1. The van der Waals surface area contributed by atoms with Crippen molar-refractivity contribution < 1.29 is 83.0 Å². The van der Waals surface area contributed by atoms with E-state index in [1.54, 1.807) is 0 Å². The van der Waals surface area contributed by atoms with Gasteiger partial charge in [0.05, 0.1) is 11.2 Å². The normalized spacial score (nSPS) is 20.3. The minimum atomic E-state index is -0.418. The molecule has 1 aromatic carbocycles. The zero-order valence-corrected chi connectivity index (χ0v) is 23.6. The Kier molecular flexibility index (Phi) is 8.83. The fraction of sp³-hybridized carbons (Fsp3) is 0.579. The van der Waals surface area contributed by atoms with Crippen molar-refractivity contribution in [1.29, 1.82) is 0 Å². The van der Waals surface area contributed by atoms with Crippen molar-refractivity contribution in [2.45, 2.75) is 58.7 Å². The predicted octanol–water partition coefficient (Wildman–Crippen LogP) is 0.376. The molecule has 0 unspecified atom stereocenters. The second kappa shape index (κ2) is 9.35. The molecule has 1 aromatic rings. The molecule has 2 fully saturated rings. The zero-order chi connectivity index (χ0) is 17.5. The van der Waals surface area contributed by atoms with E-state index in [1.807, 2.05) is 57.7 Å². The van der Waals surface area contributed by atoms with Crippen LogP contribution >= 0.6 is 0 Å². The van der Waals surface area contributed by atoms with Gasteiger partial charge in [-0.3, -0.25) is 0 Å². The van der Waals surface area contributed by atoms with E-state index in [9.17, 15) is 4.79 Å². The van der Waals surface area contributed by atoms with Crippen molar-refractivity contribution in [3.63, 3.8) is 0 Å². The fourth-order valence-electron chi connectivity index (χ4n) is 3.06. The first-order valence-electron chi connectivity index (χ1n) is 8.72. The Bertz CT molecular complexity index is 630. The Hall–Kier alpha value is 0.527. The van der Waals surface area contributed by atoms with Crippen LogP contribution in [0.4, 0.5) is 10.5 Å². The fourth-order valence-corrected chi connectivity index (χ4v) is 3.06. The molecular formula is C19H30BCsN2O3. The second-order valence-corrected chi connectivity index (χ2v) is 7.78. The van der Waals surface area contributed by atoms with Gasteiger partial charge in [-0.15, -0.1) is 0 Å². The SMILES string of the molecule is Cc1ccc(NC(=O)N2CCCC2)cc1B1OC(C)(C)C(C)(C)O1.[CH3-].[Cs+]. The minimum absolute atomic E-state index is 0. The first kappa shape index (κ1) is 24.6. The summed E-state index contributed by atoms with van der Waals surface area (Å²) in [7, 11) is -0.418. The van der Waals surface area contributed by atoms with Crippen LogP contribution < -0.4 is 79.7 Å². The van der Waals surface area contributed by atoms with Crippen LogP contribution in [0.5, 0.6) is 0 Å².